The standard InChI is InChI=1S/C10H16Cl3NOSi/c1-4-6-7-9(3)10(15)14(8-5-2)16(11,12)13/h5,7H,2,4,6,8H2,1,3H3/b9-7+. The van der Waals surface area contributed by atoms with E-state index in [2.05, 4.69) is 6.58 Å². The molecule has 16 heavy (non-hydrogen) atoms. The van der Waals surface area contributed by atoms with Gasteiger partial charge >= 0.3 is 6.16 Å². The fraction of sp³-hybridized carbons (Fsp3) is 0.500. The van der Waals surface area contributed by atoms with E-state index in [-0.39, 0.29) is 12.5 Å². The molecule has 6 heteroatoms. The Kier molecular flexibility index (Phi) is 7.40. The molecule has 0 aliphatic heterocycles. The third kappa shape index (κ3) is 5.39. The molecule has 0 saturated carbocycles. The van der Waals surface area contributed by atoms with Gasteiger partial charge in [0, 0.05) is 12.1 Å². The van der Waals surface area contributed by atoms with Crippen LogP contribution >= 0.6 is 33.2 Å². The van der Waals surface area contributed by atoms with Gasteiger partial charge in [0.25, 0.3) is 0 Å². The van der Waals surface area contributed by atoms with Crippen molar-refractivity contribution >= 4 is 45.3 Å². The van der Waals surface area contributed by atoms with Crippen molar-refractivity contribution in [2.75, 3.05) is 6.54 Å². The molecule has 0 bridgehead atoms. The molecular formula is C10H16Cl3NOSi. The predicted octanol–water partition coefficient (Wildman–Crippen LogP) is 3.90. The van der Waals surface area contributed by atoms with Crippen LogP contribution in [0.4, 0.5) is 0 Å². The smallest absolute Gasteiger partial charge is 0.325 e. The lowest BCUT2D eigenvalue weighted by atomic mass is 10.2. The van der Waals surface area contributed by atoms with E-state index in [1.807, 2.05) is 13.0 Å². The molecule has 0 spiro atoms. The fourth-order valence-corrected chi connectivity index (χ4v) is 3.15. The number of nitrogens with zero attached hydrogens (tertiary/aromatic N) is 1. The van der Waals surface area contributed by atoms with Crippen LogP contribution < -0.4 is 0 Å². The SMILES string of the molecule is C=CCN(C(=O)/C(C)=C/CCC)[Si](Cl)(Cl)Cl. The second-order valence-corrected chi connectivity index (χ2v) is 11.5. The summed E-state index contributed by atoms with van der Waals surface area (Å²) in [6, 6.07) is 0. The van der Waals surface area contributed by atoms with E-state index in [1.54, 1.807) is 13.0 Å². The maximum absolute atomic E-state index is 12.0. The Labute approximate surface area is 112 Å². The van der Waals surface area contributed by atoms with Crippen molar-refractivity contribution < 1.29 is 4.79 Å². The summed E-state index contributed by atoms with van der Waals surface area (Å²) in [5, 5.41) is 0. The first-order valence-corrected chi connectivity index (χ1v) is 9.99. The average molecular weight is 301 g/mol. The van der Waals surface area contributed by atoms with Crippen molar-refractivity contribution in [1.29, 1.82) is 0 Å². The lowest BCUT2D eigenvalue weighted by Crippen LogP contribution is -2.45. The van der Waals surface area contributed by atoms with Gasteiger partial charge in [-0.05, 0) is 13.3 Å². The monoisotopic (exact) mass is 299 g/mol. The van der Waals surface area contributed by atoms with E-state index in [0.29, 0.717) is 5.57 Å². The molecule has 2 nitrogen and oxygen atoms in total. The molecule has 0 fully saturated rings. The van der Waals surface area contributed by atoms with Gasteiger partial charge in [-0.2, -0.15) is 0 Å². The Bertz CT molecular complexity index is 286. The van der Waals surface area contributed by atoms with Crippen LogP contribution in [0.1, 0.15) is 26.7 Å². The zero-order valence-corrected chi connectivity index (χ0v) is 12.7. The number of unbranched alkanes of at least 4 members (excludes halogenated alkanes) is 1. The van der Waals surface area contributed by atoms with Crippen molar-refractivity contribution in [3.63, 3.8) is 0 Å². The Balaban J connectivity index is 4.81. The number of rotatable bonds is 6. The van der Waals surface area contributed by atoms with Gasteiger partial charge in [0.2, 0.25) is 5.91 Å². The zero-order valence-electron chi connectivity index (χ0n) is 9.47. The second-order valence-electron chi connectivity index (χ2n) is 3.35. The summed E-state index contributed by atoms with van der Waals surface area (Å²) in [6.45, 7) is 7.59. The van der Waals surface area contributed by atoms with Gasteiger partial charge in [-0.3, -0.25) is 4.79 Å². The van der Waals surface area contributed by atoms with Gasteiger partial charge in [-0.15, -0.1) is 39.8 Å². The first kappa shape index (κ1) is 16.0. The Morgan fingerprint density at radius 3 is 2.38 bits per heavy atom. The lowest BCUT2D eigenvalue weighted by molar-refractivity contribution is -0.122. The number of carbonyl (C=O) groups excluding carboxylic acids is 1. The average Bonchev–Trinajstić information content (AvgIpc) is 2.19. The van der Waals surface area contributed by atoms with Crippen molar-refractivity contribution in [1.82, 2.24) is 4.57 Å². The number of hydrogen-bond acceptors (Lipinski definition) is 1. The molecule has 0 N–H and O–H groups in total. The van der Waals surface area contributed by atoms with Crippen molar-refractivity contribution in [2.24, 2.45) is 0 Å². The largest absolute Gasteiger partial charge is 0.457 e. The number of allylic oxidation sites excluding steroid dienone is 1. The molecule has 0 heterocycles. The predicted molar refractivity (Wildman–Crippen MR) is 73.9 cm³/mol. The molecule has 0 aromatic carbocycles. The van der Waals surface area contributed by atoms with E-state index >= 15 is 0 Å². The number of amides is 1. The third-order valence-corrected chi connectivity index (χ3v) is 4.77. The summed E-state index contributed by atoms with van der Waals surface area (Å²) in [7, 11) is 0. The normalized spacial score (nSPS) is 12.4. The molecule has 1 amide bonds. The zero-order chi connectivity index (χ0) is 12.8. The Morgan fingerprint density at radius 2 is 2.00 bits per heavy atom. The third-order valence-electron chi connectivity index (χ3n) is 1.94. The van der Waals surface area contributed by atoms with Crippen LogP contribution in [0, 0.1) is 0 Å². The van der Waals surface area contributed by atoms with Crippen LogP contribution in [-0.2, 0) is 4.79 Å². The Hall–Kier alpha value is 0.0369. The number of halogens is 3. The Morgan fingerprint density at radius 1 is 1.44 bits per heavy atom. The first-order valence-electron chi connectivity index (χ1n) is 5.01. The molecule has 0 rings (SSSR count). The minimum Gasteiger partial charge on any atom is -0.325 e. The number of carbonyl (C=O) groups is 1. The summed E-state index contributed by atoms with van der Waals surface area (Å²) in [5.41, 5.74) is 0.613. The molecule has 0 saturated heterocycles. The highest BCUT2D eigenvalue weighted by Crippen LogP contribution is 2.26. The summed E-state index contributed by atoms with van der Waals surface area (Å²) in [4.78, 5) is 12.0. The van der Waals surface area contributed by atoms with Gasteiger partial charge in [-0.25, -0.2) is 0 Å². The summed E-state index contributed by atoms with van der Waals surface area (Å²) >= 11 is 17.6. The highest BCUT2D eigenvalue weighted by atomic mass is 35.8. The van der Waals surface area contributed by atoms with Crippen LogP contribution in [0.25, 0.3) is 0 Å². The van der Waals surface area contributed by atoms with Gasteiger partial charge in [-0.1, -0.05) is 25.5 Å². The topological polar surface area (TPSA) is 20.3 Å². The van der Waals surface area contributed by atoms with Crippen LogP contribution in [0.15, 0.2) is 24.3 Å². The van der Waals surface area contributed by atoms with E-state index < -0.39 is 6.16 Å². The minimum atomic E-state index is -3.18. The van der Waals surface area contributed by atoms with Crippen molar-refractivity contribution in [3.05, 3.63) is 24.3 Å². The van der Waals surface area contributed by atoms with Crippen LogP contribution in [0.3, 0.4) is 0 Å². The van der Waals surface area contributed by atoms with Crippen molar-refractivity contribution in [2.45, 2.75) is 26.7 Å². The molecular weight excluding hydrogens is 285 g/mol. The van der Waals surface area contributed by atoms with E-state index in [1.165, 1.54) is 4.57 Å². The lowest BCUT2D eigenvalue weighted by Gasteiger charge is -2.26. The molecule has 0 unspecified atom stereocenters. The highest BCUT2D eigenvalue weighted by molar-refractivity contribution is 7.64. The van der Waals surface area contributed by atoms with Crippen LogP contribution in [0.5, 0.6) is 0 Å². The summed E-state index contributed by atoms with van der Waals surface area (Å²) < 4.78 is 1.28. The molecule has 0 aromatic heterocycles. The summed E-state index contributed by atoms with van der Waals surface area (Å²) in [6.07, 6.45) is 2.07. The molecule has 0 atom stereocenters. The quantitative estimate of drug-likeness (QED) is 0.315. The maximum atomic E-state index is 12.0. The number of hydrogen-bond donors (Lipinski definition) is 0. The van der Waals surface area contributed by atoms with Gasteiger partial charge in [0.15, 0.2) is 0 Å². The van der Waals surface area contributed by atoms with E-state index in [0.717, 1.165) is 12.8 Å². The molecule has 0 aromatic rings. The molecule has 0 aliphatic carbocycles. The minimum absolute atomic E-state index is 0.222. The van der Waals surface area contributed by atoms with E-state index in [4.69, 9.17) is 33.2 Å². The maximum Gasteiger partial charge on any atom is 0.457 e. The van der Waals surface area contributed by atoms with Crippen molar-refractivity contribution in [3.8, 4) is 0 Å². The second kappa shape index (κ2) is 7.38. The first-order chi connectivity index (χ1) is 7.34. The molecule has 0 aliphatic rings. The summed E-state index contributed by atoms with van der Waals surface area (Å²) in [5.74, 6) is -0.222. The fourth-order valence-electron chi connectivity index (χ4n) is 1.09. The van der Waals surface area contributed by atoms with Gasteiger partial charge in [0.05, 0.1) is 0 Å². The van der Waals surface area contributed by atoms with Crippen LogP contribution in [0.2, 0.25) is 0 Å². The van der Waals surface area contributed by atoms with Crippen LogP contribution in [-0.4, -0.2) is 23.2 Å². The van der Waals surface area contributed by atoms with Gasteiger partial charge < -0.3 is 4.57 Å². The highest BCUT2D eigenvalue weighted by Gasteiger charge is 2.38. The van der Waals surface area contributed by atoms with Gasteiger partial charge in [0.1, 0.15) is 0 Å². The molecule has 92 valence electrons. The van der Waals surface area contributed by atoms with E-state index in [9.17, 15) is 4.79 Å². The molecule has 0 radical (unpaired) electrons.